The molecular weight excluding hydrogens is 332 g/mol. The van der Waals surface area contributed by atoms with Crippen LogP contribution in [0.3, 0.4) is 0 Å². The van der Waals surface area contributed by atoms with Gasteiger partial charge in [0.15, 0.2) is 0 Å². The van der Waals surface area contributed by atoms with E-state index in [4.69, 9.17) is 4.74 Å². The van der Waals surface area contributed by atoms with E-state index in [0.717, 1.165) is 44.0 Å². The highest BCUT2D eigenvalue weighted by Gasteiger charge is 2.14. The van der Waals surface area contributed by atoms with E-state index in [-0.39, 0.29) is 18.0 Å². The number of hydrogen-bond acceptors (Lipinski definition) is 4. The quantitative estimate of drug-likeness (QED) is 0.713. The minimum atomic E-state index is -0.283. The fourth-order valence-corrected chi connectivity index (χ4v) is 2.92. The molecule has 7 heteroatoms. The third-order valence-corrected chi connectivity index (χ3v) is 4.51. The summed E-state index contributed by atoms with van der Waals surface area (Å²) >= 11 is 0. The van der Waals surface area contributed by atoms with E-state index in [9.17, 15) is 9.59 Å². The van der Waals surface area contributed by atoms with Gasteiger partial charge < -0.3 is 15.0 Å². The number of rotatable bonds is 6. The molecular formula is C19H25N4O3+. The molecule has 1 aromatic heterocycles. The van der Waals surface area contributed by atoms with Crippen LogP contribution in [-0.2, 0) is 16.1 Å². The fourth-order valence-electron chi connectivity index (χ4n) is 2.92. The van der Waals surface area contributed by atoms with Crippen LogP contribution in [0.15, 0.2) is 41.2 Å². The van der Waals surface area contributed by atoms with Gasteiger partial charge >= 0.3 is 0 Å². The van der Waals surface area contributed by atoms with Gasteiger partial charge in [-0.25, -0.2) is 4.68 Å². The first-order valence-electron chi connectivity index (χ1n) is 8.95. The molecule has 7 nitrogen and oxygen atoms in total. The largest absolute Gasteiger partial charge is 0.370 e. The topological polar surface area (TPSA) is 77.7 Å². The molecule has 1 amide bonds. The molecule has 0 radical (unpaired) electrons. The van der Waals surface area contributed by atoms with Crippen molar-refractivity contribution in [1.82, 2.24) is 15.1 Å². The second-order valence-electron chi connectivity index (χ2n) is 6.54. The maximum Gasteiger partial charge on any atom is 0.267 e. The number of hydrogen-bond donors (Lipinski definition) is 2. The highest BCUT2D eigenvalue weighted by atomic mass is 16.5. The van der Waals surface area contributed by atoms with E-state index in [1.165, 1.54) is 15.6 Å². The molecule has 3 rings (SSSR count). The number of quaternary nitrogens is 1. The summed E-state index contributed by atoms with van der Waals surface area (Å²) in [7, 11) is 0. The molecule has 0 saturated carbocycles. The number of carbonyl (C=O) groups is 1. The highest BCUT2D eigenvalue weighted by molar-refractivity contribution is 5.75. The maximum absolute atomic E-state index is 12.2. The number of carbonyl (C=O) groups excluding carboxylic acids is 1. The number of benzene rings is 1. The summed E-state index contributed by atoms with van der Waals surface area (Å²) in [6, 6.07) is 11.0. The molecule has 2 N–H and O–H groups in total. The molecule has 2 heterocycles. The van der Waals surface area contributed by atoms with Gasteiger partial charge in [0.05, 0.1) is 32.0 Å². The number of aryl methyl sites for hydroxylation is 1. The Hall–Kier alpha value is -2.51. The van der Waals surface area contributed by atoms with Crippen LogP contribution in [0.2, 0.25) is 0 Å². The van der Waals surface area contributed by atoms with Crippen molar-refractivity contribution < 1.29 is 14.4 Å². The van der Waals surface area contributed by atoms with Crippen LogP contribution in [0.4, 0.5) is 0 Å². The van der Waals surface area contributed by atoms with Crippen molar-refractivity contribution in [3.05, 3.63) is 52.3 Å². The van der Waals surface area contributed by atoms with Crippen molar-refractivity contribution in [2.24, 2.45) is 0 Å². The van der Waals surface area contributed by atoms with Crippen molar-refractivity contribution in [3.8, 4) is 11.3 Å². The zero-order valence-corrected chi connectivity index (χ0v) is 15.0. The third kappa shape index (κ3) is 5.00. The van der Waals surface area contributed by atoms with E-state index in [1.54, 1.807) is 6.07 Å². The summed E-state index contributed by atoms with van der Waals surface area (Å²) in [5, 5.41) is 7.20. The Kier molecular flexibility index (Phi) is 6.14. The number of aromatic nitrogens is 2. The first-order valence-corrected chi connectivity index (χ1v) is 8.95. The maximum atomic E-state index is 12.2. The Labute approximate surface area is 152 Å². The van der Waals surface area contributed by atoms with Gasteiger partial charge in [-0.3, -0.25) is 9.59 Å². The standard InChI is InChI=1S/C19H24N4O3/c1-15-2-4-16(5-3-15)17-6-7-19(25)23(21-17)14-18(24)20-8-9-22-10-12-26-13-11-22/h2-7H,8-14H2,1H3,(H,20,24)/p+1. The van der Waals surface area contributed by atoms with Crippen LogP contribution >= 0.6 is 0 Å². The molecule has 0 atom stereocenters. The van der Waals surface area contributed by atoms with Crippen molar-refractivity contribution in [1.29, 1.82) is 0 Å². The molecule has 1 aliphatic rings. The van der Waals surface area contributed by atoms with Gasteiger partial charge in [-0.2, -0.15) is 5.10 Å². The van der Waals surface area contributed by atoms with Gasteiger partial charge in [-0.15, -0.1) is 0 Å². The van der Waals surface area contributed by atoms with E-state index < -0.39 is 0 Å². The van der Waals surface area contributed by atoms with Gasteiger partial charge in [-0.05, 0) is 13.0 Å². The molecule has 1 saturated heterocycles. The molecule has 1 aliphatic heterocycles. The lowest BCUT2D eigenvalue weighted by molar-refractivity contribution is -0.906. The number of nitrogens with zero attached hydrogens (tertiary/aromatic N) is 2. The molecule has 2 aromatic rings. The zero-order valence-electron chi connectivity index (χ0n) is 15.0. The predicted molar refractivity (Wildman–Crippen MR) is 98.1 cm³/mol. The Balaban J connectivity index is 1.58. The summed E-state index contributed by atoms with van der Waals surface area (Å²) in [5.41, 5.74) is 2.47. The van der Waals surface area contributed by atoms with Crippen molar-refractivity contribution in [2.45, 2.75) is 13.5 Å². The summed E-state index contributed by atoms with van der Waals surface area (Å²) in [6.07, 6.45) is 0. The number of morpholine rings is 1. The van der Waals surface area contributed by atoms with Crippen LogP contribution in [0, 0.1) is 6.92 Å². The highest BCUT2D eigenvalue weighted by Crippen LogP contribution is 2.15. The summed E-state index contributed by atoms with van der Waals surface area (Å²) in [5.74, 6) is -0.201. The van der Waals surface area contributed by atoms with Gasteiger partial charge in [0.2, 0.25) is 5.91 Å². The molecule has 26 heavy (non-hydrogen) atoms. The number of ether oxygens (including phenoxy) is 1. The monoisotopic (exact) mass is 357 g/mol. The molecule has 1 aromatic carbocycles. The van der Waals surface area contributed by atoms with Crippen LogP contribution in [-0.4, -0.2) is 55.1 Å². The molecule has 0 unspecified atom stereocenters. The number of amides is 1. The predicted octanol–water partition coefficient (Wildman–Crippen LogP) is -0.750. The minimum Gasteiger partial charge on any atom is -0.370 e. The van der Waals surface area contributed by atoms with E-state index in [2.05, 4.69) is 10.4 Å². The molecule has 0 bridgehead atoms. The Morgan fingerprint density at radius 1 is 1.19 bits per heavy atom. The summed E-state index contributed by atoms with van der Waals surface area (Å²) < 4.78 is 6.53. The lowest BCUT2D eigenvalue weighted by atomic mass is 10.1. The normalized spacial score (nSPS) is 15.0. The summed E-state index contributed by atoms with van der Waals surface area (Å²) in [6.45, 7) is 6.87. The van der Waals surface area contributed by atoms with Crippen LogP contribution in [0.1, 0.15) is 5.56 Å². The van der Waals surface area contributed by atoms with Crippen molar-refractivity contribution in [3.63, 3.8) is 0 Å². The second kappa shape index (κ2) is 8.73. The fraction of sp³-hybridized carbons (Fsp3) is 0.421. The van der Waals surface area contributed by atoms with Gasteiger partial charge in [0.1, 0.15) is 19.6 Å². The Bertz CT molecular complexity index is 795. The minimum absolute atomic E-state index is 0.0724. The number of nitrogens with one attached hydrogen (secondary N) is 2. The first kappa shape index (κ1) is 18.3. The lowest BCUT2D eigenvalue weighted by Gasteiger charge is -2.23. The van der Waals surface area contributed by atoms with Gasteiger partial charge in [0.25, 0.3) is 5.56 Å². The van der Waals surface area contributed by atoms with E-state index in [0.29, 0.717) is 12.2 Å². The molecule has 138 valence electrons. The van der Waals surface area contributed by atoms with E-state index in [1.807, 2.05) is 31.2 Å². The third-order valence-electron chi connectivity index (χ3n) is 4.51. The average molecular weight is 357 g/mol. The van der Waals surface area contributed by atoms with Gasteiger partial charge in [-0.1, -0.05) is 29.8 Å². The van der Waals surface area contributed by atoms with Crippen LogP contribution in [0.25, 0.3) is 11.3 Å². The van der Waals surface area contributed by atoms with Gasteiger partial charge in [0, 0.05) is 11.6 Å². The smallest absolute Gasteiger partial charge is 0.267 e. The molecule has 1 fully saturated rings. The van der Waals surface area contributed by atoms with Crippen LogP contribution < -0.4 is 15.8 Å². The second-order valence-corrected chi connectivity index (χ2v) is 6.54. The lowest BCUT2D eigenvalue weighted by Crippen LogP contribution is -3.14. The zero-order chi connectivity index (χ0) is 18.4. The van der Waals surface area contributed by atoms with Crippen LogP contribution in [0.5, 0.6) is 0 Å². The van der Waals surface area contributed by atoms with Crippen molar-refractivity contribution >= 4 is 5.91 Å². The molecule has 0 aliphatic carbocycles. The Morgan fingerprint density at radius 3 is 2.65 bits per heavy atom. The Morgan fingerprint density at radius 2 is 1.92 bits per heavy atom. The van der Waals surface area contributed by atoms with Crippen molar-refractivity contribution in [2.75, 3.05) is 39.4 Å². The first-order chi connectivity index (χ1) is 12.6. The SMILES string of the molecule is Cc1ccc(-c2ccc(=O)n(CC(=O)NCC[NH+]3CCOCC3)n2)cc1. The van der Waals surface area contributed by atoms with E-state index >= 15 is 0 Å². The summed E-state index contributed by atoms with van der Waals surface area (Å²) in [4.78, 5) is 25.6. The molecule has 0 spiro atoms. The average Bonchev–Trinajstić information content (AvgIpc) is 2.65.